The molecule has 27 heavy (non-hydrogen) atoms. The number of likely N-dealkylation sites (N-methyl/N-ethyl adjacent to an activating group) is 1. The summed E-state index contributed by atoms with van der Waals surface area (Å²) in [4.78, 5) is 29.1. The molecule has 0 saturated carbocycles. The lowest BCUT2D eigenvalue weighted by atomic mass is 10.2. The fourth-order valence-corrected chi connectivity index (χ4v) is 2.87. The maximum absolute atomic E-state index is 12.9. The lowest BCUT2D eigenvalue weighted by Gasteiger charge is -2.26. The molecule has 1 N–H and O–H groups in total. The highest BCUT2D eigenvalue weighted by atomic mass is 79.9. The number of carbonyl (C=O) groups is 2. The van der Waals surface area contributed by atoms with Gasteiger partial charge >= 0.3 is 0 Å². The number of hydrogen-bond donors (Lipinski definition) is 1. The van der Waals surface area contributed by atoms with Crippen molar-refractivity contribution in [2.24, 2.45) is 0 Å². The van der Waals surface area contributed by atoms with E-state index in [2.05, 4.69) is 45.2 Å². The van der Waals surface area contributed by atoms with E-state index in [0.717, 1.165) is 17.6 Å². The predicted octanol–water partition coefficient (Wildman–Crippen LogP) is 3.17. The molecule has 0 radical (unpaired) electrons. The lowest BCUT2D eigenvalue weighted by molar-refractivity contribution is -0.117. The van der Waals surface area contributed by atoms with Crippen molar-refractivity contribution in [1.29, 1.82) is 0 Å². The molecule has 8 heteroatoms. The summed E-state index contributed by atoms with van der Waals surface area (Å²) < 4.78 is 5.85. The van der Waals surface area contributed by atoms with Crippen LogP contribution in [0, 0.1) is 6.92 Å². The van der Waals surface area contributed by atoms with E-state index in [9.17, 15) is 9.59 Å². The van der Waals surface area contributed by atoms with E-state index in [1.165, 1.54) is 0 Å². The number of aryl methyl sites for hydroxylation is 1. The Kier molecular flexibility index (Phi) is 7.99. The Morgan fingerprint density at radius 2 is 1.81 bits per heavy atom. The Labute approximate surface area is 167 Å². The molecule has 146 valence electrons. The van der Waals surface area contributed by atoms with Gasteiger partial charge in [0.25, 0.3) is 5.91 Å². The fraction of sp³-hybridized carbons (Fsp3) is 0.421. The van der Waals surface area contributed by atoms with Gasteiger partial charge in [-0.25, -0.2) is 0 Å². The summed E-state index contributed by atoms with van der Waals surface area (Å²) in [6, 6.07) is 8.75. The van der Waals surface area contributed by atoms with Gasteiger partial charge in [-0.05, 0) is 44.3 Å². The number of benzene rings is 1. The first kappa shape index (κ1) is 21.1. The first-order chi connectivity index (χ1) is 12.9. The van der Waals surface area contributed by atoms with Crippen LogP contribution in [0.2, 0.25) is 0 Å². The molecule has 2 rings (SSSR count). The van der Waals surface area contributed by atoms with Crippen LogP contribution in [0.1, 0.15) is 30.0 Å². The molecule has 2 amide bonds. The second-order valence-electron chi connectivity index (χ2n) is 6.13. The van der Waals surface area contributed by atoms with E-state index in [0.29, 0.717) is 30.2 Å². The Morgan fingerprint density at radius 3 is 2.37 bits per heavy atom. The zero-order valence-electron chi connectivity index (χ0n) is 15.9. The third-order valence-electron chi connectivity index (χ3n) is 4.19. The first-order valence-corrected chi connectivity index (χ1v) is 9.72. The average molecular weight is 437 g/mol. The van der Waals surface area contributed by atoms with Gasteiger partial charge in [0.1, 0.15) is 12.3 Å². The molecule has 0 bridgehead atoms. The molecule has 2 aromatic rings. The van der Waals surface area contributed by atoms with Crippen molar-refractivity contribution in [1.82, 2.24) is 15.0 Å². The summed E-state index contributed by atoms with van der Waals surface area (Å²) in [7, 11) is 0. The van der Waals surface area contributed by atoms with E-state index in [-0.39, 0.29) is 18.4 Å². The summed E-state index contributed by atoms with van der Waals surface area (Å²) in [6.45, 7) is 8.78. The molecule has 0 unspecified atom stereocenters. The van der Waals surface area contributed by atoms with Gasteiger partial charge in [-0.3, -0.25) is 9.59 Å². The van der Waals surface area contributed by atoms with Gasteiger partial charge in [-0.2, -0.15) is 0 Å². The molecule has 0 spiro atoms. The van der Waals surface area contributed by atoms with E-state index in [1.54, 1.807) is 30.0 Å². The highest BCUT2D eigenvalue weighted by Crippen LogP contribution is 2.13. The molecule has 0 saturated heterocycles. The molecule has 1 heterocycles. The monoisotopic (exact) mass is 436 g/mol. The van der Waals surface area contributed by atoms with Gasteiger partial charge in [0.15, 0.2) is 5.82 Å². The smallest absolute Gasteiger partial charge is 0.254 e. The number of rotatable bonds is 9. The van der Waals surface area contributed by atoms with Crippen molar-refractivity contribution in [3.8, 4) is 0 Å². The predicted molar refractivity (Wildman–Crippen MR) is 108 cm³/mol. The van der Waals surface area contributed by atoms with Crippen LogP contribution in [0.5, 0.6) is 0 Å². The van der Waals surface area contributed by atoms with Gasteiger partial charge in [-0.15, -0.1) is 0 Å². The molecule has 0 aliphatic rings. The zero-order chi connectivity index (χ0) is 19.8. The van der Waals surface area contributed by atoms with Crippen molar-refractivity contribution in [2.75, 3.05) is 38.0 Å². The number of nitrogens with one attached hydrogen (secondary N) is 1. The van der Waals surface area contributed by atoms with Crippen LogP contribution in [-0.2, 0) is 4.79 Å². The minimum absolute atomic E-state index is 0.0535. The van der Waals surface area contributed by atoms with Crippen molar-refractivity contribution in [2.45, 2.75) is 20.8 Å². The number of aromatic nitrogens is 1. The molecule has 1 aromatic carbocycles. The van der Waals surface area contributed by atoms with Gasteiger partial charge < -0.3 is 19.6 Å². The van der Waals surface area contributed by atoms with Crippen LogP contribution in [0.15, 0.2) is 39.3 Å². The number of carbonyl (C=O) groups excluding carboxylic acids is 2. The number of hydrogen-bond acceptors (Lipinski definition) is 5. The molecular weight excluding hydrogens is 412 g/mol. The minimum atomic E-state index is -0.312. The summed E-state index contributed by atoms with van der Waals surface area (Å²) in [5.74, 6) is 0.460. The van der Waals surface area contributed by atoms with Gasteiger partial charge in [0, 0.05) is 29.2 Å². The molecule has 1 aromatic heterocycles. The highest BCUT2D eigenvalue weighted by Gasteiger charge is 2.20. The van der Waals surface area contributed by atoms with E-state index >= 15 is 0 Å². The van der Waals surface area contributed by atoms with Crippen molar-refractivity contribution in [3.63, 3.8) is 0 Å². The van der Waals surface area contributed by atoms with E-state index in [4.69, 9.17) is 4.52 Å². The number of halogens is 1. The van der Waals surface area contributed by atoms with Crippen LogP contribution in [-0.4, -0.2) is 59.5 Å². The summed E-state index contributed by atoms with van der Waals surface area (Å²) >= 11 is 3.37. The second kappa shape index (κ2) is 10.2. The molecule has 0 aliphatic carbocycles. The SMILES string of the molecule is CCN(CC)CCN(CC(=O)Nc1cc(C)on1)C(=O)c1ccc(Br)cc1. The normalized spacial score (nSPS) is 10.9. The Hall–Kier alpha value is -2.19. The molecule has 7 nitrogen and oxygen atoms in total. The summed E-state index contributed by atoms with van der Waals surface area (Å²) in [5, 5.41) is 6.42. The Balaban J connectivity index is 2.08. The van der Waals surface area contributed by atoms with Gasteiger partial charge in [-0.1, -0.05) is 34.9 Å². The van der Waals surface area contributed by atoms with Crippen LogP contribution < -0.4 is 5.32 Å². The molecule has 0 aliphatic heterocycles. The largest absolute Gasteiger partial charge is 0.360 e. The maximum Gasteiger partial charge on any atom is 0.254 e. The third-order valence-corrected chi connectivity index (χ3v) is 4.72. The van der Waals surface area contributed by atoms with Gasteiger partial charge in [0.2, 0.25) is 5.91 Å². The first-order valence-electron chi connectivity index (χ1n) is 8.93. The second-order valence-corrected chi connectivity index (χ2v) is 7.05. The van der Waals surface area contributed by atoms with Crippen LogP contribution in [0.25, 0.3) is 0 Å². The number of nitrogens with zero attached hydrogens (tertiary/aromatic N) is 3. The standard InChI is InChI=1S/C19H25BrN4O3/c1-4-23(5-2)10-11-24(19(26)15-6-8-16(20)9-7-15)13-18(25)21-17-12-14(3)27-22-17/h6-9,12H,4-5,10-11,13H2,1-3H3,(H,21,22,25). The quantitative estimate of drug-likeness (QED) is 0.652. The average Bonchev–Trinajstić information content (AvgIpc) is 3.06. The Morgan fingerprint density at radius 1 is 1.15 bits per heavy atom. The molecule has 0 fully saturated rings. The number of anilines is 1. The Bertz CT molecular complexity index is 757. The maximum atomic E-state index is 12.9. The van der Waals surface area contributed by atoms with Crippen LogP contribution in [0.4, 0.5) is 5.82 Å². The zero-order valence-corrected chi connectivity index (χ0v) is 17.5. The van der Waals surface area contributed by atoms with Crippen LogP contribution in [0.3, 0.4) is 0 Å². The van der Waals surface area contributed by atoms with Crippen molar-refractivity contribution >= 4 is 33.6 Å². The third kappa shape index (κ3) is 6.48. The van der Waals surface area contributed by atoms with Crippen LogP contribution >= 0.6 is 15.9 Å². The fourth-order valence-electron chi connectivity index (χ4n) is 2.61. The van der Waals surface area contributed by atoms with E-state index < -0.39 is 0 Å². The summed E-state index contributed by atoms with van der Waals surface area (Å²) in [5.41, 5.74) is 0.544. The summed E-state index contributed by atoms with van der Waals surface area (Å²) in [6.07, 6.45) is 0. The molecular formula is C19H25BrN4O3. The van der Waals surface area contributed by atoms with E-state index in [1.807, 2.05) is 12.1 Å². The number of amides is 2. The van der Waals surface area contributed by atoms with Crippen molar-refractivity contribution < 1.29 is 14.1 Å². The highest BCUT2D eigenvalue weighted by molar-refractivity contribution is 9.10. The van der Waals surface area contributed by atoms with Crippen molar-refractivity contribution in [3.05, 3.63) is 46.1 Å². The molecule has 0 atom stereocenters. The minimum Gasteiger partial charge on any atom is -0.360 e. The van der Waals surface area contributed by atoms with Gasteiger partial charge in [0.05, 0.1) is 0 Å². The lowest BCUT2D eigenvalue weighted by Crippen LogP contribution is -2.42. The topological polar surface area (TPSA) is 78.7 Å².